The van der Waals surface area contributed by atoms with Gasteiger partial charge in [-0.1, -0.05) is 0 Å². The summed E-state index contributed by atoms with van der Waals surface area (Å²) in [4.78, 5) is 31.4. The van der Waals surface area contributed by atoms with Crippen LogP contribution < -0.4 is 21.1 Å². The highest BCUT2D eigenvalue weighted by atomic mass is 16.5. The number of H-pyrrole nitrogens is 1. The number of nitrogens with zero attached hydrogens (tertiary/aromatic N) is 1. The molecule has 2 heterocycles. The maximum atomic E-state index is 12.4. The highest BCUT2D eigenvalue weighted by Crippen LogP contribution is 2.28. The lowest BCUT2D eigenvalue weighted by atomic mass is 10.1. The Morgan fingerprint density at radius 3 is 2.59 bits per heavy atom. The number of benzene rings is 1. The number of aromatic amines is 1. The number of carbonyl (C=O) groups excluding carboxylic acids is 2. The fourth-order valence-corrected chi connectivity index (χ4v) is 3.13. The van der Waals surface area contributed by atoms with Crippen molar-refractivity contribution in [1.29, 1.82) is 0 Å². The summed E-state index contributed by atoms with van der Waals surface area (Å²) < 4.78 is 5.26. The summed E-state index contributed by atoms with van der Waals surface area (Å²) in [5.41, 5.74) is 7.69. The van der Waals surface area contributed by atoms with Gasteiger partial charge in [0.2, 0.25) is 5.91 Å². The molecule has 0 fully saturated rings. The Labute approximate surface area is 169 Å². The third-order valence-corrected chi connectivity index (χ3v) is 4.77. The smallest absolute Gasteiger partial charge is 0.269 e. The topological polar surface area (TPSA) is 122 Å². The van der Waals surface area contributed by atoms with Crippen molar-refractivity contribution in [3.63, 3.8) is 0 Å². The number of pyridine rings is 1. The number of amides is 2. The molecular formula is C21H27N5O3. The molecule has 1 atom stereocenters. The quantitative estimate of drug-likeness (QED) is 0.412. The van der Waals surface area contributed by atoms with Crippen LogP contribution in [0.1, 0.15) is 36.7 Å². The molecule has 0 aliphatic heterocycles. The standard InChI is InChI=1S/C21H27N5O3/c1-13(22)20(27)23-8-4-3-5-9-24-21(28)18-11-16-15-7-6-14(29-2)10-17(15)26-19(16)12-25-18/h6-7,10-13,26H,3-5,8-9,22H2,1-2H3,(H,23,27)(H,24,28)/t13-/m0/s1. The summed E-state index contributed by atoms with van der Waals surface area (Å²) in [7, 11) is 1.63. The van der Waals surface area contributed by atoms with Crippen LogP contribution in [0.5, 0.6) is 5.75 Å². The van der Waals surface area contributed by atoms with E-state index in [1.54, 1.807) is 26.3 Å². The van der Waals surface area contributed by atoms with Crippen molar-refractivity contribution in [2.24, 2.45) is 5.73 Å². The Hall–Kier alpha value is -3.13. The first kappa shape index (κ1) is 20.6. The van der Waals surface area contributed by atoms with Gasteiger partial charge < -0.3 is 26.1 Å². The lowest BCUT2D eigenvalue weighted by molar-refractivity contribution is -0.121. The minimum absolute atomic E-state index is 0.143. The number of unbranched alkanes of at least 4 members (excludes halogenated alkanes) is 2. The van der Waals surface area contributed by atoms with E-state index in [1.165, 1.54) is 0 Å². The monoisotopic (exact) mass is 397 g/mol. The number of aromatic nitrogens is 2. The van der Waals surface area contributed by atoms with E-state index in [1.807, 2.05) is 18.2 Å². The molecule has 2 amide bonds. The van der Waals surface area contributed by atoms with Gasteiger partial charge in [-0.05, 0) is 44.4 Å². The molecule has 8 nitrogen and oxygen atoms in total. The van der Waals surface area contributed by atoms with E-state index in [0.717, 1.165) is 46.8 Å². The fraction of sp³-hybridized carbons (Fsp3) is 0.381. The molecule has 2 aromatic heterocycles. The van der Waals surface area contributed by atoms with Crippen LogP contribution in [0.3, 0.4) is 0 Å². The predicted molar refractivity (Wildman–Crippen MR) is 113 cm³/mol. The number of ether oxygens (including phenoxy) is 1. The van der Waals surface area contributed by atoms with Crippen LogP contribution in [-0.4, -0.2) is 48.0 Å². The molecular weight excluding hydrogens is 370 g/mol. The number of methoxy groups -OCH3 is 1. The van der Waals surface area contributed by atoms with E-state index in [-0.39, 0.29) is 11.8 Å². The molecule has 3 aromatic rings. The average molecular weight is 397 g/mol. The first-order chi connectivity index (χ1) is 14.0. The van der Waals surface area contributed by atoms with E-state index in [0.29, 0.717) is 18.8 Å². The molecule has 0 unspecified atom stereocenters. The SMILES string of the molecule is COc1ccc2c(c1)[nH]c1cnc(C(=O)NCCCCCNC(=O)[C@H](C)N)cc12. The van der Waals surface area contributed by atoms with Crippen molar-refractivity contribution in [1.82, 2.24) is 20.6 Å². The normalized spacial score (nSPS) is 12.1. The van der Waals surface area contributed by atoms with Crippen molar-refractivity contribution in [3.05, 3.63) is 36.2 Å². The summed E-state index contributed by atoms with van der Waals surface area (Å²) >= 11 is 0. The lowest BCUT2D eigenvalue weighted by Gasteiger charge is -2.08. The van der Waals surface area contributed by atoms with Crippen molar-refractivity contribution in [2.75, 3.05) is 20.2 Å². The molecule has 0 saturated heterocycles. The average Bonchev–Trinajstić information content (AvgIpc) is 3.09. The second-order valence-corrected chi connectivity index (χ2v) is 7.05. The maximum absolute atomic E-state index is 12.4. The zero-order valence-electron chi connectivity index (χ0n) is 16.7. The van der Waals surface area contributed by atoms with Crippen molar-refractivity contribution in [3.8, 4) is 5.75 Å². The van der Waals surface area contributed by atoms with Crippen LogP contribution >= 0.6 is 0 Å². The molecule has 8 heteroatoms. The molecule has 0 radical (unpaired) electrons. The van der Waals surface area contributed by atoms with Crippen LogP contribution in [0.15, 0.2) is 30.5 Å². The number of carbonyl (C=O) groups is 2. The molecule has 3 rings (SSSR count). The van der Waals surface area contributed by atoms with Gasteiger partial charge >= 0.3 is 0 Å². The van der Waals surface area contributed by atoms with Crippen LogP contribution in [0.25, 0.3) is 21.8 Å². The number of rotatable bonds is 9. The third kappa shape index (κ3) is 5.03. The second kappa shape index (κ2) is 9.38. The lowest BCUT2D eigenvalue weighted by Crippen LogP contribution is -2.38. The van der Waals surface area contributed by atoms with Crippen molar-refractivity contribution in [2.45, 2.75) is 32.2 Å². The molecule has 0 bridgehead atoms. The number of nitrogens with one attached hydrogen (secondary N) is 3. The first-order valence-corrected chi connectivity index (χ1v) is 9.76. The third-order valence-electron chi connectivity index (χ3n) is 4.77. The van der Waals surface area contributed by atoms with Gasteiger partial charge in [0.05, 0.1) is 30.4 Å². The molecule has 0 saturated carbocycles. The molecule has 29 heavy (non-hydrogen) atoms. The predicted octanol–water partition coefficient (Wildman–Crippen LogP) is 2.09. The fourth-order valence-electron chi connectivity index (χ4n) is 3.13. The van der Waals surface area contributed by atoms with E-state index < -0.39 is 6.04 Å². The number of nitrogens with two attached hydrogens (primary N) is 1. The number of fused-ring (bicyclic) bond motifs is 3. The largest absolute Gasteiger partial charge is 0.497 e. The first-order valence-electron chi connectivity index (χ1n) is 9.76. The molecule has 154 valence electrons. The van der Waals surface area contributed by atoms with E-state index in [2.05, 4.69) is 20.6 Å². The van der Waals surface area contributed by atoms with E-state index in [9.17, 15) is 9.59 Å². The van der Waals surface area contributed by atoms with Gasteiger partial charge in [-0.2, -0.15) is 0 Å². The molecule has 1 aromatic carbocycles. The Balaban J connectivity index is 1.52. The van der Waals surface area contributed by atoms with Gasteiger partial charge in [0, 0.05) is 29.9 Å². The number of hydrogen-bond donors (Lipinski definition) is 4. The Bertz CT molecular complexity index is 1010. The van der Waals surface area contributed by atoms with Crippen LogP contribution in [0.4, 0.5) is 0 Å². The zero-order valence-corrected chi connectivity index (χ0v) is 16.7. The van der Waals surface area contributed by atoms with Gasteiger partial charge in [-0.25, -0.2) is 4.98 Å². The minimum Gasteiger partial charge on any atom is -0.497 e. The minimum atomic E-state index is -0.488. The summed E-state index contributed by atoms with van der Waals surface area (Å²) in [6.45, 7) is 2.81. The van der Waals surface area contributed by atoms with Crippen molar-refractivity contribution >= 4 is 33.6 Å². The summed E-state index contributed by atoms with van der Waals surface area (Å²) in [5, 5.41) is 7.64. The van der Waals surface area contributed by atoms with E-state index in [4.69, 9.17) is 10.5 Å². The van der Waals surface area contributed by atoms with E-state index >= 15 is 0 Å². The van der Waals surface area contributed by atoms with Gasteiger partial charge in [0.1, 0.15) is 11.4 Å². The van der Waals surface area contributed by atoms with Gasteiger partial charge in [-0.3, -0.25) is 9.59 Å². The van der Waals surface area contributed by atoms with Crippen LogP contribution in [0, 0.1) is 0 Å². The molecule has 0 aliphatic carbocycles. The Morgan fingerprint density at radius 1 is 1.10 bits per heavy atom. The highest BCUT2D eigenvalue weighted by molar-refractivity contribution is 6.09. The molecule has 5 N–H and O–H groups in total. The second-order valence-electron chi connectivity index (χ2n) is 7.05. The van der Waals surface area contributed by atoms with Crippen LogP contribution in [0.2, 0.25) is 0 Å². The van der Waals surface area contributed by atoms with Gasteiger partial charge in [0.25, 0.3) is 5.91 Å². The number of hydrogen-bond acceptors (Lipinski definition) is 5. The van der Waals surface area contributed by atoms with Crippen LogP contribution in [-0.2, 0) is 4.79 Å². The highest BCUT2D eigenvalue weighted by Gasteiger charge is 2.11. The summed E-state index contributed by atoms with van der Waals surface area (Å²) in [6.07, 6.45) is 4.25. The maximum Gasteiger partial charge on any atom is 0.269 e. The van der Waals surface area contributed by atoms with Gasteiger partial charge in [0.15, 0.2) is 0 Å². The molecule has 0 spiro atoms. The summed E-state index contributed by atoms with van der Waals surface area (Å²) in [6, 6.07) is 7.11. The van der Waals surface area contributed by atoms with Gasteiger partial charge in [-0.15, -0.1) is 0 Å². The summed E-state index contributed by atoms with van der Waals surface area (Å²) in [5.74, 6) is 0.433. The zero-order chi connectivity index (χ0) is 20.8. The van der Waals surface area contributed by atoms with Crippen molar-refractivity contribution < 1.29 is 14.3 Å². The Morgan fingerprint density at radius 2 is 1.86 bits per heavy atom. The Kier molecular flexibility index (Phi) is 6.66. The molecule has 0 aliphatic rings.